The SMILES string of the molecule is CS(=O)(=O)c1ccc(F)c(NC(=O)[C@@H]2CC(c3ccc(Cl)s3)=NO2)c1. The van der Waals surface area contributed by atoms with Crippen LogP contribution in [0.4, 0.5) is 10.1 Å². The number of rotatable bonds is 4. The van der Waals surface area contributed by atoms with Crippen molar-refractivity contribution in [2.75, 3.05) is 11.6 Å². The Morgan fingerprint density at radius 3 is 2.80 bits per heavy atom. The Morgan fingerprint density at radius 2 is 2.16 bits per heavy atom. The van der Waals surface area contributed by atoms with Crippen LogP contribution in [0.25, 0.3) is 0 Å². The summed E-state index contributed by atoms with van der Waals surface area (Å²) in [7, 11) is -3.52. The van der Waals surface area contributed by atoms with Gasteiger partial charge in [-0.1, -0.05) is 16.8 Å². The van der Waals surface area contributed by atoms with Crippen molar-refractivity contribution in [3.05, 3.63) is 45.4 Å². The lowest BCUT2D eigenvalue weighted by Gasteiger charge is -2.11. The zero-order valence-corrected chi connectivity index (χ0v) is 15.2. The van der Waals surface area contributed by atoms with Gasteiger partial charge in [0.25, 0.3) is 5.91 Å². The normalized spacial score (nSPS) is 17.1. The van der Waals surface area contributed by atoms with Crippen LogP contribution in [-0.2, 0) is 19.5 Å². The second-order valence-corrected chi connectivity index (χ2v) is 9.07. The summed E-state index contributed by atoms with van der Waals surface area (Å²) < 4.78 is 37.6. The van der Waals surface area contributed by atoms with E-state index in [1.54, 1.807) is 12.1 Å². The van der Waals surface area contributed by atoms with Gasteiger partial charge in [0, 0.05) is 12.7 Å². The molecule has 2 aromatic rings. The molecule has 0 unspecified atom stereocenters. The van der Waals surface area contributed by atoms with Crippen LogP contribution >= 0.6 is 22.9 Å². The average molecular weight is 403 g/mol. The fraction of sp³-hybridized carbons (Fsp3) is 0.200. The number of nitrogens with one attached hydrogen (secondary N) is 1. The topological polar surface area (TPSA) is 84.8 Å². The number of carbonyl (C=O) groups excluding carboxylic acids is 1. The van der Waals surface area contributed by atoms with E-state index in [2.05, 4.69) is 10.5 Å². The Morgan fingerprint density at radius 1 is 1.40 bits per heavy atom. The van der Waals surface area contributed by atoms with E-state index in [4.69, 9.17) is 16.4 Å². The minimum Gasteiger partial charge on any atom is -0.382 e. The third-order valence-corrected chi connectivity index (χ3v) is 5.83. The van der Waals surface area contributed by atoms with Gasteiger partial charge in [0.1, 0.15) is 11.5 Å². The van der Waals surface area contributed by atoms with Gasteiger partial charge in [0.2, 0.25) is 6.10 Å². The monoisotopic (exact) mass is 402 g/mol. The zero-order valence-electron chi connectivity index (χ0n) is 12.8. The molecule has 0 bridgehead atoms. The molecule has 0 fully saturated rings. The Balaban J connectivity index is 1.72. The van der Waals surface area contributed by atoms with Crippen molar-refractivity contribution in [2.24, 2.45) is 5.16 Å². The first-order chi connectivity index (χ1) is 11.7. The number of anilines is 1. The summed E-state index contributed by atoms with van der Waals surface area (Å²) >= 11 is 7.17. The van der Waals surface area contributed by atoms with E-state index in [1.807, 2.05) is 0 Å². The molecule has 0 aliphatic carbocycles. The van der Waals surface area contributed by atoms with E-state index in [9.17, 15) is 17.6 Å². The summed E-state index contributed by atoms with van der Waals surface area (Å²) in [5.41, 5.74) is 0.339. The average Bonchev–Trinajstić information content (AvgIpc) is 3.17. The number of nitrogens with zero attached hydrogens (tertiary/aromatic N) is 1. The summed E-state index contributed by atoms with van der Waals surface area (Å²) in [4.78, 5) is 18.0. The Labute approximate surface area is 152 Å². The minimum atomic E-state index is -3.52. The van der Waals surface area contributed by atoms with Crippen molar-refractivity contribution in [1.29, 1.82) is 0 Å². The molecular weight excluding hydrogens is 391 g/mol. The number of hydrogen-bond acceptors (Lipinski definition) is 6. The molecule has 2 heterocycles. The van der Waals surface area contributed by atoms with Gasteiger partial charge in [-0.25, -0.2) is 12.8 Å². The summed E-state index contributed by atoms with van der Waals surface area (Å²) in [5.74, 6) is -1.36. The third-order valence-electron chi connectivity index (χ3n) is 3.44. The van der Waals surface area contributed by atoms with Crippen molar-refractivity contribution >= 4 is 50.1 Å². The van der Waals surface area contributed by atoms with E-state index in [1.165, 1.54) is 11.3 Å². The van der Waals surface area contributed by atoms with Gasteiger partial charge in [-0.05, 0) is 30.3 Å². The predicted octanol–water partition coefficient (Wildman–Crippen LogP) is 3.08. The van der Waals surface area contributed by atoms with Gasteiger partial charge >= 0.3 is 0 Å². The second-order valence-electron chi connectivity index (χ2n) is 5.34. The maximum absolute atomic E-state index is 13.9. The van der Waals surface area contributed by atoms with Crippen LogP contribution in [0.5, 0.6) is 0 Å². The van der Waals surface area contributed by atoms with Gasteiger partial charge in [-0.2, -0.15) is 0 Å². The lowest BCUT2D eigenvalue weighted by molar-refractivity contribution is -0.125. The van der Waals surface area contributed by atoms with Crippen LogP contribution in [0, 0.1) is 5.82 Å². The number of hydrogen-bond donors (Lipinski definition) is 1. The molecule has 1 aliphatic rings. The lowest BCUT2D eigenvalue weighted by atomic mass is 10.1. The van der Waals surface area contributed by atoms with Gasteiger partial charge in [-0.15, -0.1) is 11.3 Å². The number of oxime groups is 1. The fourth-order valence-electron chi connectivity index (χ4n) is 2.18. The first-order valence-electron chi connectivity index (χ1n) is 7.03. The smallest absolute Gasteiger partial charge is 0.268 e. The third kappa shape index (κ3) is 4.00. The van der Waals surface area contributed by atoms with Crippen LogP contribution in [0.1, 0.15) is 11.3 Å². The number of sulfone groups is 1. The molecule has 1 aromatic heterocycles. The highest BCUT2D eigenvalue weighted by Gasteiger charge is 2.30. The Kier molecular flexibility index (Phi) is 4.81. The quantitative estimate of drug-likeness (QED) is 0.796. The van der Waals surface area contributed by atoms with E-state index in [-0.39, 0.29) is 17.0 Å². The molecule has 0 saturated carbocycles. The first kappa shape index (κ1) is 17.8. The summed E-state index contributed by atoms with van der Waals surface area (Å²) in [5, 5.41) is 6.20. The van der Waals surface area contributed by atoms with Crippen molar-refractivity contribution in [3.8, 4) is 0 Å². The van der Waals surface area contributed by atoms with E-state index < -0.39 is 27.7 Å². The van der Waals surface area contributed by atoms with Crippen molar-refractivity contribution < 1.29 is 22.4 Å². The summed E-state index contributed by atoms with van der Waals surface area (Å²) in [6.07, 6.45) is 0.269. The van der Waals surface area contributed by atoms with Crippen molar-refractivity contribution in [1.82, 2.24) is 0 Å². The molecule has 0 spiro atoms. The molecule has 1 aromatic carbocycles. The first-order valence-corrected chi connectivity index (χ1v) is 10.1. The van der Waals surface area contributed by atoms with Crippen LogP contribution < -0.4 is 5.32 Å². The molecule has 0 saturated heterocycles. The number of halogens is 2. The van der Waals surface area contributed by atoms with Gasteiger partial charge in [0.15, 0.2) is 9.84 Å². The molecule has 0 radical (unpaired) electrons. The molecule has 6 nitrogen and oxygen atoms in total. The predicted molar refractivity (Wildman–Crippen MR) is 93.5 cm³/mol. The van der Waals surface area contributed by atoms with Gasteiger partial charge in [-0.3, -0.25) is 4.79 Å². The van der Waals surface area contributed by atoms with E-state index in [0.29, 0.717) is 10.0 Å². The molecule has 1 N–H and O–H groups in total. The summed E-state index contributed by atoms with van der Waals surface area (Å²) in [6, 6.07) is 6.66. The Hall–Kier alpha value is -1.97. The number of amides is 1. The molecule has 3 rings (SSSR count). The number of benzene rings is 1. The highest BCUT2D eigenvalue weighted by molar-refractivity contribution is 7.90. The molecule has 25 heavy (non-hydrogen) atoms. The maximum atomic E-state index is 13.9. The molecule has 1 aliphatic heterocycles. The van der Waals surface area contributed by atoms with Crippen LogP contribution in [0.3, 0.4) is 0 Å². The van der Waals surface area contributed by atoms with Crippen LogP contribution in [0.2, 0.25) is 4.34 Å². The molecular formula is C15H12ClFN2O4S2. The van der Waals surface area contributed by atoms with Crippen molar-refractivity contribution in [3.63, 3.8) is 0 Å². The number of thiophene rings is 1. The summed E-state index contributed by atoms with van der Waals surface area (Å²) in [6.45, 7) is 0. The highest BCUT2D eigenvalue weighted by atomic mass is 35.5. The van der Waals surface area contributed by atoms with Crippen molar-refractivity contribution in [2.45, 2.75) is 17.4 Å². The second kappa shape index (κ2) is 6.74. The largest absolute Gasteiger partial charge is 0.382 e. The van der Waals surface area contributed by atoms with Gasteiger partial charge < -0.3 is 10.2 Å². The fourth-order valence-corrected chi connectivity index (χ4v) is 3.86. The number of carbonyl (C=O) groups is 1. The lowest BCUT2D eigenvalue weighted by Crippen LogP contribution is -2.28. The van der Waals surface area contributed by atoms with Gasteiger partial charge in [0.05, 0.1) is 19.8 Å². The molecule has 10 heteroatoms. The highest BCUT2D eigenvalue weighted by Crippen LogP contribution is 2.27. The van der Waals surface area contributed by atoms with E-state index in [0.717, 1.165) is 29.3 Å². The minimum absolute atomic E-state index is 0.0956. The van der Waals surface area contributed by atoms with E-state index >= 15 is 0 Å². The standard InChI is InChI=1S/C15H12ClFN2O4S2/c1-25(21,22)8-2-3-9(17)10(6-8)18-15(20)12-7-11(19-23-12)13-4-5-14(16)24-13/h2-6,12H,7H2,1H3,(H,18,20)/t12-/m0/s1. The zero-order chi connectivity index (χ0) is 18.2. The molecule has 1 amide bonds. The molecule has 1 atom stereocenters. The maximum Gasteiger partial charge on any atom is 0.268 e. The molecule has 132 valence electrons. The van der Waals surface area contributed by atoms with Crippen LogP contribution in [0.15, 0.2) is 40.4 Å². The van der Waals surface area contributed by atoms with Crippen LogP contribution in [-0.4, -0.2) is 32.4 Å². The Bertz CT molecular complexity index is 972.